The summed E-state index contributed by atoms with van der Waals surface area (Å²) >= 11 is 6.53. The number of nitrogen functional groups attached to an aromatic ring is 1. The lowest BCUT2D eigenvalue weighted by Crippen LogP contribution is -2.41. The molecule has 0 radical (unpaired) electrons. The Labute approximate surface area is 195 Å². The van der Waals surface area contributed by atoms with E-state index in [0.29, 0.717) is 47.0 Å². The van der Waals surface area contributed by atoms with Crippen LogP contribution in [0.25, 0.3) is 0 Å². The largest absolute Gasteiger partial charge is 0.455 e. The number of nitrogens with zero attached hydrogens (tertiary/aromatic N) is 2. The van der Waals surface area contributed by atoms with Gasteiger partial charge in [-0.25, -0.2) is 9.37 Å². The normalized spacial score (nSPS) is 13.9. The minimum absolute atomic E-state index is 0.212. The fraction of sp³-hybridized carbons (Fsp3) is 0.208. The van der Waals surface area contributed by atoms with Crippen LogP contribution in [0, 0.1) is 25.1 Å². The summed E-state index contributed by atoms with van der Waals surface area (Å²) < 4.78 is 20.0. The van der Waals surface area contributed by atoms with Gasteiger partial charge in [-0.3, -0.25) is 14.5 Å². The molecule has 2 aromatic carbocycles. The van der Waals surface area contributed by atoms with Crippen molar-refractivity contribution in [2.45, 2.75) is 26.7 Å². The van der Waals surface area contributed by atoms with E-state index in [-0.39, 0.29) is 10.7 Å². The molecule has 4 N–H and O–H groups in total. The number of aromatic nitrogens is 1. The maximum absolute atomic E-state index is 14.0. The number of amides is 2. The average molecular weight is 469 g/mol. The molecule has 1 aliphatic rings. The molecule has 170 valence electrons. The van der Waals surface area contributed by atoms with Crippen LogP contribution < -0.4 is 21.1 Å². The fourth-order valence-electron chi connectivity index (χ4n) is 3.61. The Kier molecular flexibility index (Phi) is 5.71. The van der Waals surface area contributed by atoms with Crippen LogP contribution in [0.3, 0.4) is 0 Å². The van der Waals surface area contributed by atoms with E-state index in [2.05, 4.69) is 4.98 Å². The van der Waals surface area contributed by atoms with E-state index in [0.717, 1.165) is 0 Å². The molecule has 4 rings (SSSR count). The zero-order valence-corrected chi connectivity index (χ0v) is 18.8. The number of ether oxygens (including phenoxy) is 1. The van der Waals surface area contributed by atoms with E-state index in [9.17, 15) is 14.0 Å². The number of carbonyl (C=O) groups excluding carboxylic acids is 2. The lowest BCUT2D eigenvalue weighted by Gasteiger charge is -2.28. The molecule has 33 heavy (non-hydrogen) atoms. The molecule has 7 nitrogen and oxygen atoms in total. The molecule has 1 saturated carbocycles. The number of hydrogen-bond acceptors (Lipinski definition) is 5. The zero-order chi connectivity index (χ0) is 23.9. The second-order valence-corrected chi connectivity index (χ2v) is 8.46. The standard InChI is InChI=1S/C24H22ClFN4O3/c1-13-10-20(33-19-6-9-29-21(27)14(19)2)17(25)12-18(13)30(16-5-3-4-15(26)11-16)23(32)24(7-8-24)22(28)31/h3-6,9-12H,7-8H2,1-2H3,(H2,27,29)(H2,28,31). The average Bonchev–Trinajstić information content (AvgIpc) is 3.57. The van der Waals surface area contributed by atoms with E-state index in [1.54, 1.807) is 38.1 Å². The van der Waals surface area contributed by atoms with Gasteiger partial charge in [-0.1, -0.05) is 17.7 Å². The lowest BCUT2D eigenvalue weighted by atomic mass is 10.0. The van der Waals surface area contributed by atoms with E-state index in [1.807, 2.05) is 0 Å². The van der Waals surface area contributed by atoms with E-state index in [1.165, 1.54) is 29.3 Å². The number of hydrogen-bond donors (Lipinski definition) is 2. The van der Waals surface area contributed by atoms with Gasteiger partial charge in [0.05, 0.1) is 16.4 Å². The van der Waals surface area contributed by atoms with Crippen LogP contribution in [0.1, 0.15) is 24.0 Å². The first-order valence-electron chi connectivity index (χ1n) is 10.2. The number of anilines is 3. The van der Waals surface area contributed by atoms with Gasteiger partial charge in [-0.05, 0) is 68.7 Å². The maximum atomic E-state index is 14.0. The summed E-state index contributed by atoms with van der Waals surface area (Å²) in [4.78, 5) is 30.9. The fourth-order valence-corrected chi connectivity index (χ4v) is 3.81. The first kappa shape index (κ1) is 22.5. The number of nitrogens with two attached hydrogens (primary N) is 2. The third-order valence-corrected chi connectivity index (χ3v) is 6.10. The van der Waals surface area contributed by atoms with Gasteiger partial charge < -0.3 is 16.2 Å². The molecule has 1 heterocycles. The van der Waals surface area contributed by atoms with Crippen LogP contribution in [0.15, 0.2) is 48.7 Å². The molecule has 0 atom stereocenters. The van der Waals surface area contributed by atoms with Gasteiger partial charge in [0.15, 0.2) is 0 Å². The Morgan fingerprint density at radius 3 is 2.52 bits per heavy atom. The van der Waals surface area contributed by atoms with Crippen molar-refractivity contribution in [1.29, 1.82) is 0 Å². The van der Waals surface area contributed by atoms with Crippen LogP contribution in [-0.2, 0) is 9.59 Å². The smallest absolute Gasteiger partial charge is 0.247 e. The molecule has 0 saturated heterocycles. The van der Waals surface area contributed by atoms with Crippen molar-refractivity contribution in [1.82, 2.24) is 4.98 Å². The van der Waals surface area contributed by atoms with Crippen molar-refractivity contribution in [2.75, 3.05) is 10.6 Å². The number of aryl methyl sites for hydroxylation is 1. The van der Waals surface area contributed by atoms with Gasteiger partial charge in [0.2, 0.25) is 11.8 Å². The van der Waals surface area contributed by atoms with Crippen LogP contribution >= 0.6 is 11.6 Å². The quantitative estimate of drug-likeness (QED) is 0.505. The monoisotopic (exact) mass is 468 g/mol. The summed E-state index contributed by atoms with van der Waals surface area (Å²) in [5.41, 5.74) is 12.0. The summed E-state index contributed by atoms with van der Waals surface area (Å²) in [6, 6.07) is 10.4. The highest BCUT2D eigenvalue weighted by Gasteiger charge is 2.57. The summed E-state index contributed by atoms with van der Waals surface area (Å²) in [6.45, 7) is 3.53. The predicted molar refractivity (Wildman–Crippen MR) is 124 cm³/mol. The van der Waals surface area contributed by atoms with Crippen molar-refractivity contribution in [3.8, 4) is 11.5 Å². The SMILES string of the molecule is Cc1cc(Oc2ccnc(N)c2C)c(Cl)cc1N(C(=O)C1(C(N)=O)CC1)c1cccc(F)c1. The molecule has 2 amide bonds. The first-order chi connectivity index (χ1) is 15.6. The highest BCUT2D eigenvalue weighted by molar-refractivity contribution is 6.32. The Morgan fingerprint density at radius 1 is 1.15 bits per heavy atom. The molecule has 1 fully saturated rings. The topological polar surface area (TPSA) is 112 Å². The summed E-state index contributed by atoms with van der Waals surface area (Å²) in [7, 11) is 0. The third-order valence-electron chi connectivity index (χ3n) is 5.81. The Bertz CT molecular complexity index is 1280. The van der Waals surface area contributed by atoms with E-state index >= 15 is 0 Å². The molecule has 0 bridgehead atoms. The minimum Gasteiger partial charge on any atom is -0.455 e. The highest BCUT2D eigenvalue weighted by Crippen LogP contribution is 2.50. The van der Waals surface area contributed by atoms with Gasteiger partial charge in [-0.15, -0.1) is 0 Å². The molecule has 9 heteroatoms. The van der Waals surface area contributed by atoms with Crippen molar-refractivity contribution in [3.63, 3.8) is 0 Å². The van der Waals surface area contributed by atoms with Gasteiger partial charge in [0.25, 0.3) is 0 Å². The van der Waals surface area contributed by atoms with Crippen LogP contribution in [0.5, 0.6) is 11.5 Å². The van der Waals surface area contributed by atoms with Crippen molar-refractivity contribution in [3.05, 3.63) is 70.6 Å². The van der Waals surface area contributed by atoms with Crippen molar-refractivity contribution >= 4 is 40.6 Å². The highest BCUT2D eigenvalue weighted by atomic mass is 35.5. The van der Waals surface area contributed by atoms with Gasteiger partial charge >= 0.3 is 0 Å². The van der Waals surface area contributed by atoms with Crippen LogP contribution in [0.2, 0.25) is 5.02 Å². The first-order valence-corrected chi connectivity index (χ1v) is 10.6. The number of primary amides is 1. The van der Waals surface area contributed by atoms with Gasteiger partial charge in [0, 0.05) is 11.8 Å². The molecule has 0 unspecified atom stereocenters. The van der Waals surface area contributed by atoms with E-state index < -0.39 is 23.0 Å². The van der Waals surface area contributed by atoms with Crippen LogP contribution in [-0.4, -0.2) is 16.8 Å². The lowest BCUT2D eigenvalue weighted by molar-refractivity contribution is -0.133. The minimum atomic E-state index is -1.31. The van der Waals surface area contributed by atoms with Crippen molar-refractivity contribution in [2.24, 2.45) is 11.1 Å². The predicted octanol–water partition coefficient (Wildman–Crippen LogP) is 4.80. The molecule has 3 aromatic rings. The Hall–Kier alpha value is -3.65. The second-order valence-electron chi connectivity index (χ2n) is 8.06. The second kappa shape index (κ2) is 8.37. The molecule has 1 aromatic heterocycles. The number of pyridine rings is 1. The Morgan fingerprint density at radius 2 is 1.88 bits per heavy atom. The molecular weight excluding hydrogens is 447 g/mol. The maximum Gasteiger partial charge on any atom is 0.247 e. The third kappa shape index (κ3) is 4.09. The number of carbonyl (C=O) groups is 2. The molecule has 0 spiro atoms. The summed E-state index contributed by atoms with van der Waals surface area (Å²) in [5, 5.41) is 0.212. The van der Waals surface area contributed by atoms with E-state index in [4.69, 9.17) is 27.8 Å². The van der Waals surface area contributed by atoms with Gasteiger partial charge in [0.1, 0.15) is 28.5 Å². The number of rotatable bonds is 6. The van der Waals surface area contributed by atoms with Crippen molar-refractivity contribution < 1.29 is 18.7 Å². The number of halogens is 2. The van der Waals surface area contributed by atoms with Crippen LogP contribution in [0.4, 0.5) is 21.6 Å². The zero-order valence-electron chi connectivity index (χ0n) is 18.1. The molecule has 0 aliphatic heterocycles. The number of benzene rings is 2. The molecular formula is C24H22ClFN4O3. The summed E-state index contributed by atoms with van der Waals surface area (Å²) in [6.07, 6.45) is 2.20. The summed E-state index contributed by atoms with van der Waals surface area (Å²) in [5.74, 6) is -0.589. The van der Waals surface area contributed by atoms with Gasteiger partial charge in [-0.2, -0.15) is 0 Å². The molecule has 1 aliphatic carbocycles. The Balaban J connectivity index is 1.79.